The molecule has 3 aliphatic rings. The maximum absolute atomic E-state index is 12.7. The van der Waals surface area contributed by atoms with E-state index in [1.807, 2.05) is 12.1 Å². The number of nitrogens with zero attached hydrogens (tertiary/aromatic N) is 2. The highest BCUT2D eigenvalue weighted by Crippen LogP contribution is 2.43. The number of carboxylic acids is 1. The molecule has 1 unspecified atom stereocenters. The van der Waals surface area contributed by atoms with Crippen molar-refractivity contribution in [1.82, 2.24) is 9.80 Å². The lowest BCUT2D eigenvalue weighted by molar-refractivity contribution is -0.192. The highest BCUT2D eigenvalue weighted by Gasteiger charge is 2.41. The number of primary amides is 1. The van der Waals surface area contributed by atoms with Crippen molar-refractivity contribution in [3.63, 3.8) is 0 Å². The van der Waals surface area contributed by atoms with E-state index in [1.54, 1.807) is 11.0 Å². The van der Waals surface area contributed by atoms with Crippen LogP contribution in [0.5, 0.6) is 0 Å². The minimum Gasteiger partial charge on any atom is -0.475 e. The summed E-state index contributed by atoms with van der Waals surface area (Å²) in [6.45, 7) is 1.56. The fourth-order valence-electron chi connectivity index (χ4n) is 6.18. The molecule has 1 aliphatic carbocycles. The zero-order valence-corrected chi connectivity index (χ0v) is 21.9. The van der Waals surface area contributed by atoms with Gasteiger partial charge in [-0.2, -0.15) is 13.2 Å². The number of amides is 2. The number of nitrogens with two attached hydrogens (primary N) is 1. The SMILES string of the molecule is NC(=O)c1cccc(C2C[C@H]3CC[C@@H](C2)N3CCN(CC2CCCC2)C(=O)[C@H](O)CO)c1.O=C(O)C(F)(F)F. The molecule has 4 rings (SSSR count). The van der Waals surface area contributed by atoms with E-state index < -0.39 is 24.9 Å². The van der Waals surface area contributed by atoms with E-state index in [4.69, 9.17) is 15.6 Å². The molecule has 5 N–H and O–H groups in total. The molecule has 9 nitrogen and oxygen atoms in total. The zero-order chi connectivity index (χ0) is 28.7. The van der Waals surface area contributed by atoms with Crippen molar-refractivity contribution in [2.45, 2.75) is 81.6 Å². The van der Waals surface area contributed by atoms with Crippen molar-refractivity contribution in [3.8, 4) is 0 Å². The second kappa shape index (κ2) is 13.6. The standard InChI is InChI=1S/C25H37N3O4.C2HF3O2/c26-24(31)19-7-3-6-18(12-19)20-13-21-8-9-22(14-20)28(21)11-10-27(25(32)23(30)16-29)15-17-4-1-2-5-17;3-2(4,5)1(6)7/h3,6-7,12,17,20-23,29-30H,1-2,4-5,8-11,13-16H2,(H2,26,31);(H,6,7)/t20?,21-,22+,23-;/m1./s1. The number of carbonyl (C=O) groups is 3. The van der Waals surface area contributed by atoms with Gasteiger partial charge in [-0.25, -0.2) is 4.79 Å². The minimum atomic E-state index is -5.08. The molecule has 2 aliphatic heterocycles. The molecule has 0 spiro atoms. The molecule has 0 radical (unpaired) electrons. The Kier molecular flexibility index (Phi) is 10.7. The van der Waals surface area contributed by atoms with Crippen LogP contribution in [0.25, 0.3) is 0 Å². The van der Waals surface area contributed by atoms with E-state index in [0.29, 0.717) is 42.6 Å². The Morgan fingerprint density at radius 1 is 1.08 bits per heavy atom. The van der Waals surface area contributed by atoms with Gasteiger partial charge in [-0.3, -0.25) is 14.5 Å². The summed E-state index contributed by atoms with van der Waals surface area (Å²) in [5, 5.41) is 26.4. The Morgan fingerprint density at radius 3 is 2.18 bits per heavy atom. The summed E-state index contributed by atoms with van der Waals surface area (Å²) in [4.78, 5) is 37.5. The Labute approximate surface area is 225 Å². The van der Waals surface area contributed by atoms with E-state index in [2.05, 4.69) is 11.0 Å². The van der Waals surface area contributed by atoms with E-state index in [0.717, 1.165) is 45.1 Å². The number of rotatable bonds is 9. The predicted octanol–water partition coefficient (Wildman–Crippen LogP) is 2.50. The average Bonchev–Trinajstić information content (AvgIpc) is 3.49. The van der Waals surface area contributed by atoms with Crippen LogP contribution in [0.2, 0.25) is 0 Å². The van der Waals surface area contributed by atoms with E-state index in [9.17, 15) is 33.0 Å². The molecule has 2 amide bonds. The molecule has 1 aromatic carbocycles. The Morgan fingerprint density at radius 2 is 1.67 bits per heavy atom. The number of alkyl halides is 3. The van der Waals surface area contributed by atoms with Crippen LogP contribution in [-0.4, -0.2) is 93.5 Å². The highest BCUT2D eigenvalue weighted by atomic mass is 19.4. The molecular formula is C27H38F3N3O6. The van der Waals surface area contributed by atoms with Gasteiger partial charge in [-0.05, 0) is 68.1 Å². The van der Waals surface area contributed by atoms with Gasteiger partial charge in [0, 0.05) is 37.3 Å². The number of carbonyl (C=O) groups excluding carboxylic acids is 2. The first-order valence-corrected chi connectivity index (χ1v) is 13.4. The van der Waals surface area contributed by atoms with Crippen LogP contribution in [0.4, 0.5) is 13.2 Å². The lowest BCUT2D eigenvalue weighted by Crippen LogP contribution is -2.49. The van der Waals surface area contributed by atoms with Crippen molar-refractivity contribution < 1.29 is 42.9 Å². The van der Waals surface area contributed by atoms with E-state index >= 15 is 0 Å². The normalized spacial score (nSPS) is 24.1. The molecule has 0 aromatic heterocycles. The number of halogens is 3. The van der Waals surface area contributed by atoms with Gasteiger partial charge in [0.15, 0.2) is 6.10 Å². The number of fused-ring (bicyclic) bond motifs is 2. The fraction of sp³-hybridized carbons (Fsp3) is 0.667. The van der Waals surface area contributed by atoms with E-state index in [-0.39, 0.29) is 11.8 Å². The Hall–Kier alpha value is -2.70. The number of hydrogen-bond acceptors (Lipinski definition) is 6. The third kappa shape index (κ3) is 8.39. The lowest BCUT2D eigenvalue weighted by atomic mass is 9.84. The first kappa shape index (κ1) is 30.8. The Balaban J connectivity index is 0.000000532. The second-order valence-corrected chi connectivity index (χ2v) is 10.7. The van der Waals surface area contributed by atoms with Crippen LogP contribution in [0.3, 0.4) is 0 Å². The van der Waals surface area contributed by atoms with Gasteiger partial charge >= 0.3 is 12.1 Å². The van der Waals surface area contributed by atoms with Gasteiger partial charge < -0.3 is 26.0 Å². The quantitative estimate of drug-likeness (QED) is 0.365. The maximum Gasteiger partial charge on any atom is 0.490 e. The van der Waals surface area contributed by atoms with Crippen molar-refractivity contribution in [3.05, 3.63) is 35.4 Å². The van der Waals surface area contributed by atoms with Gasteiger partial charge in [0.25, 0.3) is 5.91 Å². The number of aliphatic hydroxyl groups excluding tert-OH is 2. The minimum absolute atomic E-state index is 0.343. The number of benzene rings is 1. The number of hydrogen-bond donors (Lipinski definition) is 4. The van der Waals surface area contributed by atoms with Gasteiger partial charge in [0.2, 0.25) is 5.91 Å². The van der Waals surface area contributed by atoms with Gasteiger partial charge in [-0.15, -0.1) is 0 Å². The first-order chi connectivity index (χ1) is 18.4. The number of piperidine rings is 1. The molecule has 12 heteroatoms. The number of carboxylic acid groups (broad SMARTS) is 1. The number of aliphatic carboxylic acids is 1. The lowest BCUT2D eigenvalue weighted by Gasteiger charge is -2.40. The molecule has 4 atom stereocenters. The molecule has 3 fully saturated rings. The van der Waals surface area contributed by atoms with Gasteiger partial charge in [-0.1, -0.05) is 25.0 Å². The van der Waals surface area contributed by atoms with Crippen molar-refractivity contribution >= 4 is 17.8 Å². The maximum atomic E-state index is 12.7. The van der Waals surface area contributed by atoms with Crippen LogP contribution >= 0.6 is 0 Å². The summed E-state index contributed by atoms with van der Waals surface area (Å²) in [6.07, 6.45) is 2.71. The fourth-order valence-corrected chi connectivity index (χ4v) is 6.18. The molecule has 218 valence electrons. The molecular weight excluding hydrogens is 519 g/mol. The molecule has 2 bridgehead atoms. The van der Waals surface area contributed by atoms with Crippen LogP contribution in [-0.2, 0) is 9.59 Å². The topological polar surface area (TPSA) is 144 Å². The summed E-state index contributed by atoms with van der Waals surface area (Å²) in [5.41, 5.74) is 7.24. The number of aliphatic hydroxyl groups is 2. The summed E-state index contributed by atoms with van der Waals surface area (Å²) in [7, 11) is 0. The van der Waals surface area contributed by atoms with E-state index in [1.165, 1.54) is 18.4 Å². The monoisotopic (exact) mass is 557 g/mol. The van der Waals surface area contributed by atoms with Crippen molar-refractivity contribution in [2.24, 2.45) is 11.7 Å². The summed E-state index contributed by atoms with van der Waals surface area (Å²) in [6, 6.07) is 8.68. The summed E-state index contributed by atoms with van der Waals surface area (Å²) >= 11 is 0. The van der Waals surface area contributed by atoms with Crippen molar-refractivity contribution in [1.29, 1.82) is 0 Å². The van der Waals surface area contributed by atoms with Crippen molar-refractivity contribution in [2.75, 3.05) is 26.2 Å². The Bertz CT molecular complexity index is 987. The van der Waals surface area contributed by atoms with Crippen LogP contribution in [0, 0.1) is 5.92 Å². The summed E-state index contributed by atoms with van der Waals surface area (Å²) < 4.78 is 31.7. The highest BCUT2D eigenvalue weighted by molar-refractivity contribution is 5.92. The van der Waals surface area contributed by atoms with Crippen LogP contribution in [0.15, 0.2) is 24.3 Å². The van der Waals surface area contributed by atoms with Crippen LogP contribution in [0.1, 0.15) is 73.2 Å². The molecule has 1 saturated carbocycles. The average molecular weight is 558 g/mol. The molecule has 2 heterocycles. The third-order valence-corrected chi connectivity index (χ3v) is 8.12. The molecule has 39 heavy (non-hydrogen) atoms. The second-order valence-electron chi connectivity index (χ2n) is 10.7. The molecule has 1 aromatic rings. The van der Waals surface area contributed by atoms with Crippen LogP contribution < -0.4 is 5.73 Å². The predicted molar refractivity (Wildman–Crippen MR) is 136 cm³/mol. The largest absolute Gasteiger partial charge is 0.490 e. The first-order valence-electron chi connectivity index (χ1n) is 13.4. The zero-order valence-electron chi connectivity index (χ0n) is 21.9. The third-order valence-electron chi connectivity index (χ3n) is 8.12. The van der Waals surface area contributed by atoms with Gasteiger partial charge in [0.1, 0.15) is 0 Å². The van der Waals surface area contributed by atoms with Gasteiger partial charge in [0.05, 0.1) is 6.61 Å². The summed E-state index contributed by atoms with van der Waals surface area (Å²) in [5.74, 6) is -2.55. The smallest absolute Gasteiger partial charge is 0.475 e. The molecule has 2 saturated heterocycles.